The van der Waals surface area contributed by atoms with Gasteiger partial charge in [-0.1, -0.05) is 31.5 Å². The van der Waals surface area contributed by atoms with Crippen LogP contribution in [0.5, 0.6) is 5.75 Å². The Morgan fingerprint density at radius 1 is 1.50 bits per heavy atom. The minimum absolute atomic E-state index is 0.00658. The van der Waals surface area contributed by atoms with Crippen molar-refractivity contribution in [2.24, 2.45) is 5.92 Å². The number of halogens is 1. The quantitative estimate of drug-likeness (QED) is 0.808. The highest BCUT2D eigenvalue weighted by atomic mass is 35.5. The number of aromatic hydroxyl groups is 1. The molecule has 2 N–H and O–H groups in total. The summed E-state index contributed by atoms with van der Waals surface area (Å²) in [6.07, 6.45) is 0. The van der Waals surface area contributed by atoms with Crippen LogP contribution in [0.2, 0.25) is 5.02 Å². The summed E-state index contributed by atoms with van der Waals surface area (Å²) >= 11 is 5.84. The number of phenols is 1. The lowest BCUT2D eigenvalue weighted by atomic mass is 10.1. The summed E-state index contributed by atoms with van der Waals surface area (Å²) in [5, 5.41) is 12.7. The predicted molar refractivity (Wildman–Crippen MR) is 70.7 cm³/mol. The summed E-state index contributed by atoms with van der Waals surface area (Å²) < 4.78 is 4.76. The number of carbonyl (C=O) groups is 1. The van der Waals surface area contributed by atoms with Gasteiger partial charge in [0.05, 0.1) is 12.1 Å². The van der Waals surface area contributed by atoms with Crippen molar-refractivity contribution in [2.45, 2.75) is 19.9 Å². The van der Waals surface area contributed by atoms with Crippen LogP contribution in [-0.4, -0.2) is 24.7 Å². The number of carbonyl (C=O) groups excluding carboxylic acids is 1. The molecule has 0 heterocycles. The van der Waals surface area contributed by atoms with E-state index in [9.17, 15) is 9.90 Å². The molecule has 1 aromatic rings. The Hall–Kier alpha value is -1.26. The molecule has 100 valence electrons. The zero-order valence-corrected chi connectivity index (χ0v) is 11.5. The fraction of sp³-hybridized carbons (Fsp3) is 0.462. The second-order valence-electron chi connectivity index (χ2n) is 4.47. The standard InChI is InChI=1S/C13H18ClNO3/c1-8(2)7-15-12(13(17)18-3)9-4-5-11(16)10(14)6-9/h4-6,8,12,15-16H,7H2,1-3H3. The van der Waals surface area contributed by atoms with E-state index in [-0.39, 0.29) is 16.7 Å². The third-order valence-electron chi connectivity index (χ3n) is 2.47. The van der Waals surface area contributed by atoms with Gasteiger partial charge in [0, 0.05) is 0 Å². The maximum atomic E-state index is 11.7. The third-order valence-corrected chi connectivity index (χ3v) is 2.77. The average molecular weight is 272 g/mol. The molecule has 0 aliphatic carbocycles. The van der Waals surface area contributed by atoms with Crippen LogP contribution in [0.3, 0.4) is 0 Å². The Balaban J connectivity index is 2.94. The number of hydrogen-bond acceptors (Lipinski definition) is 4. The highest BCUT2D eigenvalue weighted by molar-refractivity contribution is 6.32. The van der Waals surface area contributed by atoms with E-state index < -0.39 is 6.04 Å². The van der Waals surface area contributed by atoms with Crippen LogP contribution < -0.4 is 5.32 Å². The van der Waals surface area contributed by atoms with E-state index >= 15 is 0 Å². The minimum Gasteiger partial charge on any atom is -0.506 e. The molecule has 0 radical (unpaired) electrons. The van der Waals surface area contributed by atoms with Gasteiger partial charge in [-0.05, 0) is 30.2 Å². The normalized spacial score (nSPS) is 12.5. The summed E-state index contributed by atoms with van der Waals surface area (Å²) in [6, 6.07) is 4.10. The molecule has 0 amide bonds. The van der Waals surface area contributed by atoms with Crippen LogP contribution in [0.1, 0.15) is 25.5 Å². The van der Waals surface area contributed by atoms with E-state index in [0.717, 1.165) is 0 Å². The van der Waals surface area contributed by atoms with Gasteiger partial charge in [-0.2, -0.15) is 0 Å². The van der Waals surface area contributed by atoms with Crippen LogP contribution in [0.15, 0.2) is 18.2 Å². The number of methoxy groups -OCH3 is 1. The van der Waals surface area contributed by atoms with Crippen molar-refractivity contribution in [3.8, 4) is 5.75 Å². The Morgan fingerprint density at radius 3 is 2.67 bits per heavy atom. The van der Waals surface area contributed by atoms with E-state index in [1.54, 1.807) is 12.1 Å². The highest BCUT2D eigenvalue weighted by Gasteiger charge is 2.21. The monoisotopic (exact) mass is 271 g/mol. The molecule has 0 bridgehead atoms. The summed E-state index contributed by atoms with van der Waals surface area (Å²) in [5.41, 5.74) is 0.672. The van der Waals surface area contributed by atoms with Gasteiger partial charge in [0.1, 0.15) is 11.8 Å². The van der Waals surface area contributed by atoms with Crippen molar-refractivity contribution in [1.29, 1.82) is 0 Å². The molecule has 1 rings (SSSR count). The molecular weight excluding hydrogens is 254 g/mol. The average Bonchev–Trinajstić information content (AvgIpc) is 2.33. The number of nitrogens with one attached hydrogen (secondary N) is 1. The highest BCUT2D eigenvalue weighted by Crippen LogP contribution is 2.27. The van der Waals surface area contributed by atoms with Crippen LogP contribution >= 0.6 is 11.6 Å². The lowest BCUT2D eigenvalue weighted by Gasteiger charge is -2.18. The van der Waals surface area contributed by atoms with Crippen LogP contribution in [0, 0.1) is 5.92 Å². The second-order valence-corrected chi connectivity index (χ2v) is 4.88. The van der Waals surface area contributed by atoms with E-state index in [0.29, 0.717) is 18.0 Å². The summed E-state index contributed by atoms with van der Waals surface area (Å²) in [4.78, 5) is 11.7. The number of benzene rings is 1. The maximum Gasteiger partial charge on any atom is 0.327 e. The van der Waals surface area contributed by atoms with Crippen LogP contribution in [-0.2, 0) is 9.53 Å². The molecule has 0 saturated heterocycles. The molecule has 0 fully saturated rings. The molecular formula is C13H18ClNO3. The molecule has 1 aromatic carbocycles. The van der Waals surface area contributed by atoms with Crippen molar-refractivity contribution in [2.75, 3.05) is 13.7 Å². The largest absolute Gasteiger partial charge is 0.506 e. The van der Waals surface area contributed by atoms with E-state index in [1.807, 2.05) is 13.8 Å². The Morgan fingerprint density at radius 2 is 2.17 bits per heavy atom. The smallest absolute Gasteiger partial charge is 0.327 e. The Labute approximate surface area is 112 Å². The van der Waals surface area contributed by atoms with Gasteiger partial charge in [-0.25, -0.2) is 4.79 Å². The number of hydrogen-bond donors (Lipinski definition) is 2. The van der Waals surface area contributed by atoms with Crippen molar-refractivity contribution < 1.29 is 14.6 Å². The molecule has 0 aromatic heterocycles. The molecule has 4 nitrogen and oxygen atoms in total. The van der Waals surface area contributed by atoms with Gasteiger partial charge < -0.3 is 15.2 Å². The van der Waals surface area contributed by atoms with Gasteiger partial charge >= 0.3 is 5.97 Å². The maximum absolute atomic E-state index is 11.7. The first-order chi connectivity index (χ1) is 8.45. The SMILES string of the molecule is COC(=O)C(NCC(C)C)c1ccc(O)c(Cl)c1. The number of phenolic OH excluding ortho intramolecular Hbond substituents is 1. The Bertz CT molecular complexity index is 421. The lowest BCUT2D eigenvalue weighted by molar-refractivity contribution is -0.143. The van der Waals surface area contributed by atoms with Crippen molar-refractivity contribution >= 4 is 17.6 Å². The van der Waals surface area contributed by atoms with Crippen molar-refractivity contribution in [3.05, 3.63) is 28.8 Å². The molecule has 0 saturated carbocycles. The molecule has 1 unspecified atom stereocenters. The fourth-order valence-electron chi connectivity index (χ4n) is 1.51. The molecule has 5 heteroatoms. The second kappa shape index (κ2) is 6.61. The molecule has 0 aliphatic heterocycles. The summed E-state index contributed by atoms with van der Waals surface area (Å²) in [5.74, 6) is 0.0232. The van der Waals surface area contributed by atoms with E-state index in [4.69, 9.17) is 16.3 Å². The van der Waals surface area contributed by atoms with Gasteiger partial charge in [-0.3, -0.25) is 0 Å². The Kier molecular flexibility index (Phi) is 5.44. The zero-order chi connectivity index (χ0) is 13.7. The van der Waals surface area contributed by atoms with Crippen molar-refractivity contribution in [1.82, 2.24) is 5.32 Å². The first kappa shape index (κ1) is 14.8. The summed E-state index contributed by atoms with van der Waals surface area (Å²) in [6.45, 7) is 4.77. The predicted octanol–water partition coefficient (Wildman–Crippen LogP) is 2.51. The van der Waals surface area contributed by atoms with Crippen LogP contribution in [0.4, 0.5) is 0 Å². The molecule has 1 atom stereocenters. The first-order valence-electron chi connectivity index (χ1n) is 5.75. The van der Waals surface area contributed by atoms with Gasteiger partial charge in [-0.15, -0.1) is 0 Å². The number of ether oxygens (including phenoxy) is 1. The molecule has 18 heavy (non-hydrogen) atoms. The number of esters is 1. The van der Waals surface area contributed by atoms with Crippen LogP contribution in [0.25, 0.3) is 0 Å². The van der Waals surface area contributed by atoms with Gasteiger partial charge in [0.15, 0.2) is 0 Å². The van der Waals surface area contributed by atoms with Gasteiger partial charge in [0.2, 0.25) is 0 Å². The lowest BCUT2D eigenvalue weighted by Crippen LogP contribution is -2.32. The first-order valence-corrected chi connectivity index (χ1v) is 6.13. The van der Waals surface area contributed by atoms with Gasteiger partial charge in [0.25, 0.3) is 0 Å². The van der Waals surface area contributed by atoms with E-state index in [2.05, 4.69) is 5.32 Å². The summed E-state index contributed by atoms with van der Waals surface area (Å²) in [7, 11) is 1.34. The minimum atomic E-state index is -0.574. The zero-order valence-electron chi connectivity index (χ0n) is 10.7. The fourth-order valence-corrected chi connectivity index (χ4v) is 1.70. The molecule has 0 spiro atoms. The molecule has 0 aliphatic rings. The van der Waals surface area contributed by atoms with E-state index in [1.165, 1.54) is 13.2 Å². The van der Waals surface area contributed by atoms with Crippen molar-refractivity contribution in [3.63, 3.8) is 0 Å². The third kappa shape index (κ3) is 3.89. The topological polar surface area (TPSA) is 58.6 Å². The number of rotatable bonds is 5.